The molecule has 0 aliphatic heterocycles. The van der Waals surface area contributed by atoms with E-state index >= 15 is 0 Å². The molecule has 0 amide bonds. The van der Waals surface area contributed by atoms with Gasteiger partial charge in [-0.25, -0.2) is 4.79 Å². The van der Waals surface area contributed by atoms with Crippen molar-refractivity contribution in [2.75, 3.05) is 0 Å². The van der Waals surface area contributed by atoms with Crippen molar-refractivity contribution in [2.45, 2.75) is 44.4 Å². The predicted octanol–water partition coefficient (Wildman–Crippen LogP) is 5.69. The first-order valence-electron chi connectivity index (χ1n) is 9.76. The summed E-state index contributed by atoms with van der Waals surface area (Å²) in [6.45, 7) is 2.09. The van der Waals surface area contributed by atoms with Crippen molar-refractivity contribution in [3.05, 3.63) is 70.8 Å². The monoisotopic (exact) mass is 358 g/mol. The van der Waals surface area contributed by atoms with Crippen molar-refractivity contribution in [1.29, 1.82) is 0 Å². The molecule has 0 saturated heterocycles. The number of fused-ring (bicyclic) bond motifs is 6. The van der Waals surface area contributed by atoms with E-state index in [2.05, 4.69) is 13.0 Å². The number of benzene rings is 3. The zero-order valence-electron chi connectivity index (χ0n) is 15.4. The molecular weight excluding hydrogens is 336 g/mol. The molecule has 2 aliphatic rings. The van der Waals surface area contributed by atoms with Crippen molar-refractivity contribution in [3.8, 4) is 11.5 Å². The molecule has 0 radical (unpaired) electrons. The molecule has 1 fully saturated rings. The van der Waals surface area contributed by atoms with Crippen LogP contribution >= 0.6 is 0 Å². The number of phenols is 1. The van der Waals surface area contributed by atoms with Crippen molar-refractivity contribution < 1.29 is 14.6 Å². The standard InChI is InChI=1S/C24H22O3/c1-2-14-9-6-10-18-19(14)23(27-24(26)15-7-4-3-5-8-15)21-17-12-11-16(13-17)20(21)22(18)25/h3-10,16-17,25H,2,11-13H2,1H3. The molecule has 2 aliphatic carbocycles. The van der Waals surface area contributed by atoms with Crippen LogP contribution in [0.1, 0.15) is 65.1 Å². The minimum atomic E-state index is -0.335. The smallest absolute Gasteiger partial charge is 0.343 e. The van der Waals surface area contributed by atoms with Gasteiger partial charge in [0.15, 0.2) is 0 Å². The molecule has 136 valence electrons. The summed E-state index contributed by atoms with van der Waals surface area (Å²) < 4.78 is 6.06. The van der Waals surface area contributed by atoms with Crippen LogP contribution in [0.2, 0.25) is 0 Å². The summed E-state index contributed by atoms with van der Waals surface area (Å²) in [6.07, 6.45) is 4.08. The molecule has 3 heteroatoms. The van der Waals surface area contributed by atoms with Crippen molar-refractivity contribution in [1.82, 2.24) is 0 Å². The average molecular weight is 358 g/mol. The maximum absolute atomic E-state index is 12.9. The van der Waals surface area contributed by atoms with E-state index in [-0.39, 0.29) is 5.97 Å². The van der Waals surface area contributed by atoms with Crippen LogP contribution in [0.25, 0.3) is 10.8 Å². The summed E-state index contributed by atoms with van der Waals surface area (Å²) in [5.41, 5.74) is 3.73. The Bertz CT molecular complexity index is 1050. The molecule has 2 bridgehead atoms. The third-order valence-electron chi connectivity index (χ3n) is 6.26. The van der Waals surface area contributed by atoms with Crippen LogP contribution in [0, 0.1) is 0 Å². The summed E-state index contributed by atoms with van der Waals surface area (Å²) >= 11 is 0. The number of rotatable bonds is 3. The minimum Gasteiger partial charge on any atom is -0.507 e. The molecule has 27 heavy (non-hydrogen) atoms. The second kappa shape index (κ2) is 6.12. The quantitative estimate of drug-likeness (QED) is 0.483. The van der Waals surface area contributed by atoms with E-state index < -0.39 is 0 Å². The Morgan fingerprint density at radius 3 is 2.52 bits per heavy atom. The Morgan fingerprint density at radius 2 is 1.78 bits per heavy atom. The molecular formula is C24H22O3. The molecule has 3 aromatic carbocycles. The van der Waals surface area contributed by atoms with E-state index in [0.717, 1.165) is 53.1 Å². The summed E-state index contributed by atoms with van der Waals surface area (Å²) in [5.74, 6) is 1.49. The van der Waals surface area contributed by atoms with Gasteiger partial charge in [-0.3, -0.25) is 0 Å². The topological polar surface area (TPSA) is 46.5 Å². The van der Waals surface area contributed by atoms with Crippen LogP contribution in [-0.2, 0) is 6.42 Å². The number of carbonyl (C=O) groups excluding carboxylic acids is 1. The number of esters is 1. The van der Waals surface area contributed by atoms with Gasteiger partial charge in [0.25, 0.3) is 0 Å². The average Bonchev–Trinajstić information content (AvgIpc) is 3.33. The summed E-state index contributed by atoms with van der Waals surface area (Å²) in [7, 11) is 0. The predicted molar refractivity (Wildman–Crippen MR) is 106 cm³/mol. The fourth-order valence-electron chi connectivity index (χ4n) is 5.05. The van der Waals surface area contributed by atoms with E-state index in [1.807, 2.05) is 30.3 Å². The largest absolute Gasteiger partial charge is 0.507 e. The third-order valence-corrected chi connectivity index (χ3v) is 6.26. The number of aryl methyl sites for hydroxylation is 1. The van der Waals surface area contributed by atoms with Gasteiger partial charge in [0.1, 0.15) is 11.5 Å². The van der Waals surface area contributed by atoms with Gasteiger partial charge in [0.2, 0.25) is 0 Å². The summed E-state index contributed by atoms with van der Waals surface area (Å²) in [5, 5.41) is 12.7. The lowest BCUT2D eigenvalue weighted by Gasteiger charge is -2.23. The molecule has 5 rings (SSSR count). The number of hydrogen-bond acceptors (Lipinski definition) is 3. The second-order valence-corrected chi connectivity index (χ2v) is 7.66. The van der Waals surface area contributed by atoms with Gasteiger partial charge >= 0.3 is 5.97 Å². The first kappa shape index (κ1) is 16.4. The van der Waals surface area contributed by atoms with Crippen molar-refractivity contribution >= 4 is 16.7 Å². The molecule has 3 nitrogen and oxygen atoms in total. The molecule has 1 N–H and O–H groups in total. The lowest BCUT2D eigenvalue weighted by atomic mass is 9.86. The van der Waals surface area contributed by atoms with Crippen molar-refractivity contribution in [3.63, 3.8) is 0 Å². The van der Waals surface area contributed by atoms with Gasteiger partial charge in [-0.2, -0.15) is 0 Å². The maximum Gasteiger partial charge on any atom is 0.343 e. The van der Waals surface area contributed by atoms with Gasteiger partial charge in [-0.05, 0) is 55.2 Å². The second-order valence-electron chi connectivity index (χ2n) is 7.66. The molecule has 1 saturated carbocycles. The highest BCUT2D eigenvalue weighted by Crippen LogP contribution is 2.61. The molecule has 0 aromatic heterocycles. The van der Waals surface area contributed by atoms with Gasteiger partial charge < -0.3 is 9.84 Å². The van der Waals surface area contributed by atoms with Crippen LogP contribution in [0.5, 0.6) is 11.5 Å². The third kappa shape index (κ3) is 2.38. The Kier molecular flexibility index (Phi) is 3.71. The SMILES string of the molecule is CCc1cccc2c(O)c3c(c(OC(=O)c4ccccc4)c12)C1CCC3C1. The molecule has 3 aromatic rings. The number of hydrogen-bond donors (Lipinski definition) is 1. The highest BCUT2D eigenvalue weighted by atomic mass is 16.5. The minimum absolute atomic E-state index is 0.335. The highest BCUT2D eigenvalue weighted by molar-refractivity contribution is 6.02. The van der Waals surface area contributed by atoms with E-state index in [0.29, 0.717) is 28.9 Å². The van der Waals surface area contributed by atoms with Crippen LogP contribution in [-0.4, -0.2) is 11.1 Å². The van der Waals surface area contributed by atoms with Crippen LogP contribution < -0.4 is 4.74 Å². The Balaban J connectivity index is 1.76. The number of phenolic OH excluding ortho intramolecular Hbond substituents is 1. The van der Waals surface area contributed by atoms with E-state index in [1.165, 1.54) is 0 Å². The molecule has 0 heterocycles. The maximum atomic E-state index is 12.9. The van der Waals surface area contributed by atoms with Crippen LogP contribution in [0.3, 0.4) is 0 Å². The Morgan fingerprint density at radius 1 is 1.04 bits per heavy atom. The van der Waals surface area contributed by atoms with E-state index in [1.54, 1.807) is 12.1 Å². The zero-order chi connectivity index (χ0) is 18.5. The van der Waals surface area contributed by atoms with Gasteiger partial charge in [-0.15, -0.1) is 0 Å². The lowest BCUT2D eigenvalue weighted by Crippen LogP contribution is -2.12. The first-order chi connectivity index (χ1) is 13.2. The summed E-state index contributed by atoms with van der Waals surface area (Å²) in [6, 6.07) is 15.1. The molecule has 2 atom stereocenters. The normalized spacial score (nSPS) is 20.0. The zero-order valence-corrected chi connectivity index (χ0v) is 15.4. The molecule has 0 spiro atoms. The van der Waals surface area contributed by atoms with Crippen LogP contribution in [0.15, 0.2) is 48.5 Å². The fraction of sp³-hybridized carbons (Fsp3) is 0.292. The lowest BCUT2D eigenvalue weighted by molar-refractivity contribution is 0.0735. The first-order valence-corrected chi connectivity index (χ1v) is 9.76. The Labute approximate surface area is 158 Å². The van der Waals surface area contributed by atoms with Gasteiger partial charge in [0.05, 0.1) is 5.56 Å². The van der Waals surface area contributed by atoms with E-state index in [9.17, 15) is 9.90 Å². The molecule has 2 unspecified atom stereocenters. The highest BCUT2D eigenvalue weighted by Gasteiger charge is 2.43. The van der Waals surface area contributed by atoms with Gasteiger partial charge in [-0.1, -0.05) is 43.3 Å². The van der Waals surface area contributed by atoms with E-state index in [4.69, 9.17) is 4.74 Å². The number of aromatic hydroxyl groups is 1. The number of ether oxygens (including phenoxy) is 1. The number of carbonyl (C=O) groups is 1. The summed E-state index contributed by atoms with van der Waals surface area (Å²) in [4.78, 5) is 12.9. The Hall–Kier alpha value is -2.81. The van der Waals surface area contributed by atoms with Crippen molar-refractivity contribution in [2.24, 2.45) is 0 Å². The fourth-order valence-corrected chi connectivity index (χ4v) is 5.05. The van der Waals surface area contributed by atoms with Gasteiger partial charge in [0, 0.05) is 21.9 Å². The van der Waals surface area contributed by atoms with Crippen LogP contribution in [0.4, 0.5) is 0 Å².